The molecule has 1 amide bonds. The maximum absolute atomic E-state index is 13.2. The molecule has 0 radical (unpaired) electrons. The minimum Gasteiger partial charge on any atom is -0.457 e. The van der Waals surface area contributed by atoms with Crippen LogP contribution < -0.4 is 15.4 Å². The second-order valence-electron chi connectivity index (χ2n) is 7.26. The predicted molar refractivity (Wildman–Crippen MR) is 119 cm³/mol. The summed E-state index contributed by atoms with van der Waals surface area (Å²) in [6.45, 7) is 1.41. The lowest BCUT2D eigenvalue weighted by Crippen LogP contribution is -2.18. The maximum Gasteiger partial charge on any atom is 0.416 e. The molecule has 0 spiro atoms. The SMILES string of the molecule is CNC(=O)c1cc(Oc2ccc(Nc3nnc(-c4ccc(C)c(C(F)(F)F)c4)[nH]3)cc2)ccn1. The van der Waals surface area contributed by atoms with Crippen molar-refractivity contribution in [2.75, 3.05) is 12.4 Å². The van der Waals surface area contributed by atoms with Crippen LogP contribution in [0.15, 0.2) is 60.8 Å². The number of aryl methyl sites for hydroxylation is 1. The second-order valence-corrected chi connectivity index (χ2v) is 7.26. The number of anilines is 2. The Hall–Kier alpha value is -4.41. The van der Waals surface area contributed by atoms with Gasteiger partial charge in [-0.25, -0.2) is 0 Å². The van der Waals surface area contributed by atoms with E-state index in [9.17, 15) is 18.0 Å². The first-order valence-electron chi connectivity index (χ1n) is 10.1. The van der Waals surface area contributed by atoms with Gasteiger partial charge in [0.2, 0.25) is 5.95 Å². The molecule has 34 heavy (non-hydrogen) atoms. The van der Waals surface area contributed by atoms with E-state index in [0.29, 0.717) is 17.2 Å². The van der Waals surface area contributed by atoms with E-state index in [2.05, 4.69) is 30.8 Å². The Kier molecular flexibility index (Phi) is 6.17. The topological polar surface area (TPSA) is 105 Å². The highest BCUT2D eigenvalue weighted by atomic mass is 19.4. The zero-order valence-corrected chi connectivity index (χ0v) is 18.1. The average molecular weight is 468 g/mol. The number of aromatic nitrogens is 4. The molecule has 0 aliphatic heterocycles. The molecule has 0 atom stereocenters. The van der Waals surface area contributed by atoms with Crippen molar-refractivity contribution in [2.24, 2.45) is 0 Å². The minimum absolute atomic E-state index is 0.132. The highest BCUT2D eigenvalue weighted by molar-refractivity contribution is 5.92. The number of carbonyl (C=O) groups is 1. The first-order chi connectivity index (χ1) is 16.2. The summed E-state index contributed by atoms with van der Waals surface area (Å²) in [5.74, 6) is 1.12. The Morgan fingerprint density at radius 2 is 1.76 bits per heavy atom. The Morgan fingerprint density at radius 1 is 1.00 bits per heavy atom. The number of nitrogens with one attached hydrogen (secondary N) is 3. The lowest BCUT2D eigenvalue weighted by atomic mass is 10.0. The number of pyridine rings is 1. The van der Waals surface area contributed by atoms with Gasteiger partial charge in [0.15, 0.2) is 5.82 Å². The molecule has 4 rings (SSSR count). The molecule has 2 heterocycles. The number of rotatable bonds is 6. The minimum atomic E-state index is -4.45. The van der Waals surface area contributed by atoms with Crippen molar-refractivity contribution in [1.29, 1.82) is 0 Å². The van der Waals surface area contributed by atoms with Crippen molar-refractivity contribution < 1.29 is 22.7 Å². The zero-order valence-electron chi connectivity index (χ0n) is 18.1. The molecule has 3 N–H and O–H groups in total. The van der Waals surface area contributed by atoms with Gasteiger partial charge >= 0.3 is 6.18 Å². The molecule has 174 valence electrons. The summed E-state index contributed by atoms with van der Waals surface area (Å²) < 4.78 is 45.3. The number of H-pyrrole nitrogens is 1. The first-order valence-corrected chi connectivity index (χ1v) is 10.1. The largest absolute Gasteiger partial charge is 0.457 e. The van der Waals surface area contributed by atoms with Crippen LogP contribution in [-0.4, -0.2) is 33.1 Å². The molecule has 0 saturated heterocycles. The molecule has 8 nitrogen and oxygen atoms in total. The maximum atomic E-state index is 13.2. The van der Waals surface area contributed by atoms with Gasteiger partial charge < -0.3 is 20.4 Å². The van der Waals surface area contributed by atoms with Gasteiger partial charge in [0, 0.05) is 30.6 Å². The monoisotopic (exact) mass is 468 g/mol. The van der Waals surface area contributed by atoms with Gasteiger partial charge in [-0.3, -0.25) is 9.78 Å². The fourth-order valence-electron chi connectivity index (χ4n) is 3.13. The van der Waals surface area contributed by atoms with Crippen molar-refractivity contribution in [1.82, 2.24) is 25.5 Å². The molecule has 0 aliphatic carbocycles. The van der Waals surface area contributed by atoms with Gasteiger partial charge in [-0.05, 0) is 48.9 Å². The lowest BCUT2D eigenvalue weighted by molar-refractivity contribution is -0.138. The van der Waals surface area contributed by atoms with Crippen molar-refractivity contribution in [3.63, 3.8) is 0 Å². The predicted octanol–water partition coefficient (Wildman–Crippen LogP) is 5.09. The van der Waals surface area contributed by atoms with Crippen LogP contribution in [0.2, 0.25) is 0 Å². The summed E-state index contributed by atoms with van der Waals surface area (Å²) in [4.78, 5) is 18.6. The highest BCUT2D eigenvalue weighted by Gasteiger charge is 2.32. The number of halogens is 3. The standard InChI is InChI=1S/C23H19F3N6O2/c1-13-3-4-14(11-18(13)23(24,25)26)20-30-22(32-31-20)29-15-5-7-16(8-6-15)34-17-9-10-28-19(12-17)21(33)27-2/h3-12H,1-2H3,(H,27,33)(H2,29,30,31,32). The summed E-state index contributed by atoms with van der Waals surface area (Å²) in [6.07, 6.45) is -2.98. The van der Waals surface area contributed by atoms with E-state index in [1.807, 2.05) is 0 Å². The number of amides is 1. The van der Waals surface area contributed by atoms with E-state index in [1.165, 1.54) is 32.3 Å². The highest BCUT2D eigenvalue weighted by Crippen LogP contribution is 2.34. The van der Waals surface area contributed by atoms with E-state index in [4.69, 9.17) is 4.74 Å². The number of benzene rings is 2. The number of nitrogens with zero attached hydrogens (tertiary/aromatic N) is 3. The van der Waals surface area contributed by atoms with Crippen LogP contribution >= 0.6 is 0 Å². The number of hydrogen-bond acceptors (Lipinski definition) is 6. The number of hydrogen-bond donors (Lipinski definition) is 3. The summed E-state index contributed by atoms with van der Waals surface area (Å²) in [7, 11) is 1.52. The van der Waals surface area contributed by atoms with Gasteiger partial charge in [-0.2, -0.15) is 13.2 Å². The molecule has 0 saturated carbocycles. The molecule has 0 unspecified atom stereocenters. The van der Waals surface area contributed by atoms with Crippen molar-refractivity contribution in [3.8, 4) is 22.9 Å². The molecule has 0 aliphatic rings. The Balaban J connectivity index is 1.45. The van der Waals surface area contributed by atoms with E-state index in [1.54, 1.807) is 36.4 Å². The van der Waals surface area contributed by atoms with E-state index >= 15 is 0 Å². The number of carbonyl (C=O) groups excluding carboxylic acids is 1. The Morgan fingerprint density at radius 3 is 2.47 bits per heavy atom. The van der Waals surface area contributed by atoms with Crippen LogP contribution in [0.3, 0.4) is 0 Å². The van der Waals surface area contributed by atoms with Crippen LogP contribution in [0, 0.1) is 6.92 Å². The van der Waals surface area contributed by atoms with Gasteiger partial charge in [0.05, 0.1) is 5.56 Å². The third kappa shape index (κ3) is 5.14. The quantitative estimate of drug-likeness (QED) is 0.364. The van der Waals surface area contributed by atoms with E-state index in [0.717, 1.165) is 6.07 Å². The average Bonchev–Trinajstić information content (AvgIpc) is 3.28. The summed E-state index contributed by atoms with van der Waals surface area (Å²) in [6, 6.07) is 14.0. The molecular formula is C23H19F3N6O2. The summed E-state index contributed by atoms with van der Waals surface area (Å²) in [5, 5.41) is 13.4. The van der Waals surface area contributed by atoms with Crippen LogP contribution in [0.25, 0.3) is 11.4 Å². The fourth-order valence-corrected chi connectivity index (χ4v) is 3.13. The molecule has 0 fully saturated rings. The number of aromatic amines is 1. The normalized spacial score (nSPS) is 11.2. The molecule has 4 aromatic rings. The fraction of sp³-hybridized carbons (Fsp3) is 0.130. The Bertz CT molecular complexity index is 1320. The third-order valence-corrected chi connectivity index (χ3v) is 4.85. The van der Waals surface area contributed by atoms with Crippen molar-refractivity contribution in [3.05, 3.63) is 77.6 Å². The van der Waals surface area contributed by atoms with Crippen LogP contribution in [0.1, 0.15) is 21.6 Å². The van der Waals surface area contributed by atoms with Crippen LogP contribution in [0.5, 0.6) is 11.5 Å². The van der Waals surface area contributed by atoms with E-state index < -0.39 is 11.7 Å². The Labute approximate surface area is 192 Å². The van der Waals surface area contributed by atoms with Gasteiger partial charge in [-0.15, -0.1) is 10.2 Å². The number of ether oxygens (including phenoxy) is 1. The molecule has 0 bridgehead atoms. The smallest absolute Gasteiger partial charge is 0.416 e. The summed E-state index contributed by atoms with van der Waals surface area (Å²) >= 11 is 0. The second kappa shape index (κ2) is 9.22. The first kappa shape index (κ1) is 22.8. The molecule has 2 aromatic heterocycles. The van der Waals surface area contributed by atoms with Crippen molar-refractivity contribution in [2.45, 2.75) is 13.1 Å². The molecule has 2 aromatic carbocycles. The van der Waals surface area contributed by atoms with Gasteiger partial charge in [-0.1, -0.05) is 12.1 Å². The zero-order chi connectivity index (χ0) is 24.3. The van der Waals surface area contributed by atoms with E-state index in [-0.39, 0.29) is 34.5 Å². The molecule has 11 heteroatoms. The number of alkyl halides is 3. The van der Waals surface area contributed by atoms with Crippen molar-refractivity contribution >= 4 is 17.5 Å². The van der Waals surface area contributed by atoms with Crippen LogP contribution in [0.4, 0.5) is 24.8 Å². The van der Waals surface area contributed by atoms with Gasteiger partial charge in [0.1, 0.15) is 17.2 Å². The van der Waals surface area contributed by atoms with Crippen LogP contribution in [-0.2, 0) is 6.18 Å². The molecular weight excluding hydrogens is 449 g/mol. The summed E-state index contributed by atoms with van der Waals surface area (Å²) in [5.41, 5.74) is 0.568. The lowest BCUT2D eigenvalue weighted by Gasteiger charge is -2.11. The third-order valence-electron chi connectivity index (χ3n) is 4.85. The van der Waals surface area contributed by atoms with Gasteiger partial charge in [0.25, 0.3) is 5.91 Å².